The number of hydrogen-bond donors (Lipinski definition) is 1. The Labute approximate surface area is 135 Å². The van der Waals surface area contributed by atoms with Crippen LogP contribution in [0.5, 0.6) is 0 Å². The molecule has 1 heteroatoms. The minimum atomic E-state index is 1.01. The fraction of sp³-hybridized carbons (Fsp3) is 0.429. The highest BCUT2D eigenvalue weighted by molar-refractivity contribution is 5.45. The van der Waals surface area contributed by atoms with E-state index in [-0.39, 0.29) is 0 Å². The van der Waals surface area contributed by atoms with Gasteiger partial charge in [-0.15, -0.1) is 0 Å². The highest BCUT2D eigenvalue weighted by atomic mass is 14.9. The third kappa shape index (κ3) is 6.34. The summed E-state index contributed by atoms with van der Waals surface area (Å²) < 4.78 is 0. The molecule has 1 nitrogen and oxygen atoms in total. The van der Waals surface area contributed by atoms with E-state index in [9.17, 15) is 0 Å². The van der Waals surface area contributed by atoms with Gasteiger partial charge in [-0.1, -0.05) is 81.5 Å². The summed E-state index contributed by atoms with van der Waals surface area (Å²) in [7, 11) is 0. The lowest BCUT2D eigenvalue weighted by atomic mass is 10.0. The summed E-state index contributed by atoms with van der Waals surface area (Å²) in [5.41, 5.74) is 3.98. The minimum absolute atomic E-state index is 1.01. The number of rotatable bonds is 10. The number of benzene rings is 2. The second kappa shape index (κ2) is 10.0. The minimum Gasteiger partial charge on any atom is -0.385 e. The normalized spacial score (nSPS) is 10.6. The van der Waals surface area contributed by atoms with Crippen LogP contribution in [0, 0.1) is 0 Å². The Bertz CT molecular complexity index is 501. The topological polar surface area (TPSA) is 12.0 Å². The second-order valence-electron chi connectivity index (χ2n) is 6.05. The maximum absolute atomic E-state index is 3.53. The standard InChI is InChI=1S/C21H29N/c1-2-3-4-5-6-10-17-22-21-15-13-20(14-16-21)18-19-11-8-7-9-12-19/h7-9,11-16,22H,2-6,10,17-18H2,1H3. The fourth-order valence-electron chi connectivity index (χ4n) is 2.71. The van der Waals surface area contributed by atoms with Crippen molar-refractivity contribution >= 4 is 5.69 Å². The van der Waals surface area contributed by atoms with Gasteiger partial charge in [-0.25, -0.2) is 0 Å². The van der Waals surface area contributed by atoms with Gasteiger partial charge >= 0.3 is 0 Å². The molecule has 0 atom stereocenters. The molecule has 2 rings (SSSR count). The van der Waals surface area contributed by atoms with Crippen LogP contribution in [0.3, 0.4) is 0 Å². The molecule has 2 aromatic carbocycles. The van der Waals surface area contributed by atoms with Gasteiger partial charge in [0.25, 0.3) is 0 Å². The molecule has 0 amide bonds. The third-order valence-electron chi connectivity index (χ3n) is 4.06. The Kier molecular flexibility index (Phi) is 7.59. The van der Waals surface area contributed by atoms with Crippen molar-refractivity contribution in [2.45, 2.75) is 51.9 Å². The van der Waals surface area contributed by atoms with Crippen molar-refractivity contribution in [2.75, 3.05) is 11.9 Å². The van der Waals surface area contributed by atoms with Crippen molar-refractivity contribution in [3.05, 3.63) is 65.7 Å². The molecule has 22 heavy (non-hydrogen) atoms. The summed E-state index contributed by atoms with van der Waals surface area (Å²) in [6.07, 6.45) is 9.12. The molecular formula is C21H29N. The Morgan fingerprint density at radius 1 is 0.682 bits per heavy atom. The van der Waals surface area contributed by atoms with Gasteiger partial charge in [0.1, 0.15) is 0 Å². The van der Waals surface area contributed by atoms with Crippen molar-refractivity contribution in [1.29, 1.82) is 0 Å². The smallest absolute Gasteiger partial charge is 0.0340 e. The van der Waals surface area contributed by atoms with Gasteiger partial charge < -0.3 is 5.32 Å². The first kappa shape index (κ1) is 16.6. The van der Waals surface area contributed by atoms with E-state index >= 15 is 0 Å². The number of anilines is 1. The van der Waals surface area contributed by atoms with Crippen molar-refractivity contribution in [3.8, 4) is 0 Å². The van der Waals surface area contributed by atoms with Gasteiger partial charge in [-0.3, -0.25) is 0 Å². The van der Waals surface area contributed by atoms with Crippen molar-refractivity contribution < 1.29 is 0 Å². The summed E-state index contributed by atoms with van der Waals surface area (Å²) in [6.45, 7) is 3.35. The number of unbranched alkanes of at least 4 members (excludes halogenated alkanes) is 5. The van der Waals surface area contributed by atoms with Crippen LogP contribution in [0.1, 0.15) is 56.6 Å². The SMILES string of the molecule is CCCCCCCCNc1ccc(Cc2ccccc2)cc1. The van der Waals surface area contributed by atoms with Crippen molar-refractivity contribution in [1.82, 2.24) is 0 Å². The molecule has 0 bridgehead atoms. The van der Waals surface area contributed by atoms with Crippen LogP contribution >= 0.6 is 0 Å². The molecule has 0 unspecified atom stereocenters. The lowest BCUT2D eigenvalue weighted by Crippen LogP contribution is -2.01. The van der Waals surface area contributed by atoms with Crippen LogP contribution in [-0.4, -0.2) is 6.54 Å². The third-order valence-corrected chi connectivity index (χ3v) is 4.06. The molecule has 0 aromatic heterocycles. The molecule has 0 saturated carbocycles. The van der Waals surface area contributed by atoms with Gasteiger partial charge in [-0.05, 0) is 36.1 Å². The van der Waals surface area contributed by atoms with Gasteiger partial charge in [-0.2, -0.15) is 0 Å². The predicted molar refractivity (Wildman–Crippen MR) is 97.6 cm³/mol. The number of hydrogen-bond acceptors (Lipinski definition) is 1. The van der Waals surface area contributed by atoms with Crippen LogP contribution < -0.4 is 5.32 Å². The maximum Gasteiger partial charge on any atom is 0.0340 e. The van der Waals surface area contributed by atoms with Gasteiger partial charge in [0.2, 0.25) is 0 Å². The first-order chi connectivity index (χ1) is 10.9. The van der Waals surface area contributed by atoms with Gasteiger partial charge in [0, 0.05) is 12.2 Å². The predicted octanol–water partition coefficient (Wildman–Crippen LogP) is 6.05. The molecule has 0 aliphatic carbocycles. The van der Waals surface area contributed by atoms with Crippen molar-refractivity contribution in [2.24, 2.45) is 0 Å². The van der Waals surface area contributed by atoms with E-state index in [1.165, 1.54) is 55.3 Å². The van der Waals surface area contributed by atoms with E-state index in [2.05, 4.69) is 66.8 Å². The van der Waals surface area contributed by atoms with Crippen LogP contribution in [0.4, 0.5) is 5.69 Å². The zero-order valence-electron chi connectivity index (χ0n) is 13.9. The molecule has 0 fully saturated rings. The lowest BCUT2D eigenvalue weighted by molar-refractivity contribution is 0.617. The van der Waals surface area contributed by atoms with E-state index in [0.29, 0.717) is 0 Å². The molecule has 0 saturated heterocycles. The molecule has 1 N–H and O–H groups in total. The van der Waals surface area contributed by atoms with Crippen LogP contribution in [0.25, 0.3) is 0 Å². The molecule has 0 aliphatic rings. The van der Waals surface area contributed by atoms with E-state index in [4.69, 9.17) is 0 Å². The molecule has 2 aromatic rings. The average Bonchev–Trinajstić information content (AvgIpc) is 2.56. The van der Waals surface area contributed by atoms with Crippen LogP contribution in [0.2, 0.25) is 0 Å². The summed E-state index contributed by atoms with van der Waals surface area (Å²) in [6, 6.07) is 19.5. The largest absolute Gasteiger partial charge is 0.385 e. The Hall–Kier alpha value is -1.76. The van der Waals surface area contributed by atoms with Gasteiger partial charge in [0.15, 0.2) is 0 Å². The quantitative estimate of drug-likeness (QED) is 0.526. The van der Waals surface area contributed by atoms with Gasteiger partial charge in [0.05, 0.1) is 0 Å². The summed E-state index contributed by atoms with van der Waals surface area (Å²) >= 11 is 0. The number of nitrogens with one attached hydrogen (secondary N) is 1. The van der Waals surface area contributed by atoms with E-state index in [1.54, 1.807) is 0 Å². The van der Waals surface area contributed by atoms with E-state index in [0.717, 1.165) is 13.0 Å². The van der Waals surface area contributed by atoms with Crippen molar-refractivity contribution in [3.63, 3.8) is 0 Å². The molecule has 0 radical (unpaired) electrons. The first-order valence-electron chi connectivity index (χ1n) is 8.75. The van der Waals surface area contributed by atoms with Crippen LogP contribution in [0.15, 0.2) is 54.6 Å². The van der Waals surface area contributed by atoms with E-state index in [1.807, 2.05) is 0 Å². The Balaban J connectivity index is 1.66. The molecule has 118 valence electrons. The molecular weight excluding hydrogens is 266 g/mol. The zero-order valence-corrected chi connectivity index (χ0v) is 13.9. The fourth-order valence-corrected chi connectivity index (χ4v) is 2.71. The zero-order chi connectivity index (χ0) is 15.5. The summed E-state index contributed by atoms with van der Waals surface area (Å²) in [5, 5.41) is 3.53. The highest BCUT2D eigenvalue weighted by Crippen LogP contribution is 2.14. The lowest BCUT2D eigenvalue weighted by Gasteiger charge is -2.08. The Morgan fingerprint density at radius 3 is 2.05 bits per heavy atom. The van der Waals surface area contributed by atoms with Crippen LogP contribution in [-0.2, 0) is 6.42 Å². The first-order valence-corrected chi connectivity index (χ1v) is 8.75. The monoisotopic (exact) mass is 295 g/mol. The summed E-state index contributed by atoms with van der Waals surface area (Å²) in [5.74, 6) is 0. The molecule has 0 aliphatic heterocycles. The maximum atomic E-state index is 3.53. The highest BCUT2D eigenvalue weighted by Gasteiger charge is 1.97. The van der Waals surface area contributed by atoms with E-state index < -0.39 is 0 Å². The Morgan fingerprint density at radius 2 is 1.32 bits per heavy atom. The molecule has 0 heterocycles. The second-order valence-corrected chi connectivity index (χ2v) is 6.05. The average molecular weight is 295 g/mol. The summed E-state index contributed by atoms with van der Waals surface area (Å²) in [4.78, 5) is 0. The molecule has 0 spiro atoms.